The van der Waals surface area contributed by atoms with E-state index in [1.165, 1.54) is 0 Å². The van der Waals surface area contributed by atoms with Crippen molar-refractivity contribution in [3.8, 4) is 0 Å². The van der Waals surface area contributed by atoms with Crippen molar-refractivity contribution in [2.45, 2.75) is 33.2 Å². The molecule has 4 nitrogen and oxygen atoms in total. The van der Waals surface area contributed by atoms with Crippen LogP contribution >= 0.6 is 0 Å². The summed E-state index contributed by atoms with van der Waals surface area (Å²) in [4.78, 5) is 28.1. The van der Waals surface area contributed by atoms with E-state index in [1.807, 2.05) is 39.0 Å². The summed E-state index contributed by atoms with van der Waals surface area (Å²) < 4.78 is 1.58. The summed E-state index contributed by atoms with van der Waals surface area (Å²) in [5.41, 5.74) is 1.76. The van der Waals surface area contributed by atoms with Crippen LogP contribution in [0.5, 0.6) is 0 Å². The first-order chi connectivity index (χ1) is 9.49. The van der Waals surface area contributed by atoms with Gasteiger partial charge in [-0.15, -0.1) is 0 Å². The van der Waals surface area contributed by atoms with Crippen molar-refractivity contribution >= 4 is 5.78 Å². The van der Waals surface area contributed by atoms with Crippen molar-refractivity contribution in [3.63, 3.8) is 0 Å². The number of rotatable bonds is 4. The van der Waals surface area contributed by atoms with Gasteiger partial charge in [-0.05, 0) is 26.3 Å². The molecule has 1 aromatic carbocycles. The molecule has 0 saturated heterocycles. The van der Waals surface area contributed by atoms with E-state index in [1.54, 1.807) is 22.9 Å². The Balaban J connectivity index is 2.29. The molecule has 0 radical (unpaired) electrons. The first-order valence-corrected chi connectivity index (χ1v) is 6.66. The number of aromatic nitrogens is 2. The number of nitrogens with zero attached hydrogens (tertiary/aromatic N) is 2. The minimum atomic E-state index is -0.304. The zero-order chi connectivity index (χ0) is 14.7. The van der Waals surface area contributed by atoms with Gasteiger partial charge in [0.15, 0.2) is 5.78 Å². The second-order valence-electron chi connectivity index (χ2n) is 5.12. The van der Waals surface area contributed by atoms with Crippen LogP contribution in [0, 0.1) is 6.92 Å². The van der Waals surface area contributed by atoms with Crippen LogP contribution in [-0.2, 0) is 6.42 Å². The maximum Gasteiger partial charge on any atom is 0.348 e. The molecule has 0 bridgehead atoms. The number of ketones is 1. The molecule has 1 aromatic heterocycles. The Labute approximate surface area is 118 Å². The Kier molecular flexibility index (Phi) is 4.13. The molecular weight excluding hydrogens is 252 g/mol. The van der Waals surface area contributed by atoms with Crippen molar-refractivity contribution < 1.29 is 4.79 Å². The smallest absolute Gasteiger partial charge is 0.296 e. The molecule has 4 heteroatoms. The summed E-state index contributed by atoms with van der Waals surface area (Å²) in [7, 11) is 0. The Bertz CT molecular complexity index is 673. The fourth-order valence-corrected chi connectivity index (χ4v) is 2.03. The molecular formula is C16H18N2O2. The number of carbonyl (C=O) groups is 1. The quantitative estimate of drug-likeness (QED) is 0.802. The third-order valence-corrected chi connectivity index (χ3v) is 3.22. The second kappa shape index (κ2) is 5.82. The van der Waals surface area contributed by atoms with Gasteiger partial charge in [0.25, 0.3) is 0 Å². The molecule has 0 aliphatic carbocycles. The Morgan fingerprint density at radius 3 is 2.50 bits per heavy atom. The lowest BCUT2D eigenvalue weighted by Gasteiger charge is -2.12. The van der Waals surface area contributed by atoms with E-state index in [0.29, 0.717) is 11.3 Å². The first-order valence-electron chi connectivity index (χ1n) is 6.66. The number of aryl methyl sites for hydroxylation is 1. The molecule has 0 spiro atoms. The summed E-state index contributed by atoms with van der Waals surface area (Å²) in [6.07, 6.45) is 1.93. The van der Waals surface area contributed by atoms with Crippen molar-refractivity contribution in [3.05, 3.63) is 63.8 Å². The highest BCUT2D eigenvalue weighted by atomic mass is 16.1. The molecule has 0 N–H and O–H groups in total. The Hall–Kier alpha value is -2.23. The van der Waals surface area contributed by atoms with Crippen LogP contribution in [0.25, 0.3) is 0 Å². The topological polar surface area (TPSA) is 52.0 Å². The highest BCUT2D eigenvalue weighted by Crippen LogP contribution is 2.10. The SMILES string of the molecule is Cc1cn(C(C)C)c(=O)nc1CC(=O)c1ccccc1. The Morgan fingerprint density at radius 2 is 1.90 bits per heavy atom. The van der Waals surface area contributed by atoms with Gasteiger partial charge < -0.3 is 0 Å². The number of benzene rings is 1. The zero-order valence-electron chi connectivity index (χ0n) is 12.0. The fraction of sp³-hybridized carbons (Fsp3) is 0.312. The molecule has 1 heterocycles. The predicted molar refractivity (Wildman–Crippen MR) is 78.1 cm³/mol. The minimum Gasteiger partial charge on any atom is -0.296 e. The summed E-state index contributed by atoms with van der Waals surface area (Å²) in [5, 5.41) is 0. The van der Waals surface area contributed by atoms with Crippen molar-refractivity contribution in [2.24, 2.45) is 0 Å². The van der Waals surface area contributed by atoms with E-state index in [2.05, 4.69) is 4.98 Å². The molecule has 104 valence electrons. The van der Waals surface area contributed by atoms with Gasteiger partial charge in [-0.25, -0.2) is 4.79 Å². The Morgan fingerprint density at radius 1 is 1.25 bits per heavy atom. The van der Waals surface area contributed by atoms with E-state index in [-0.39, 0.29) is 23.9 Å². The van der Waals surface area contributed by atoms with Crippen LogP contribution < -0.4 is 5.69 Å². The summed E-state index contributed by atoms with van der Waals surface area (Å²) >= 11 is 0. The number of hydrogen-bond donors (Lipinski definition) is 0. The fourth-order valence-electron chi connectivity index (χ4n) is 2.03. The van der Waals surface area contributed by atoms with Gasteiger partial charge >= 0.3 is 5.69 Å². The molecule has 0 aliphatic rings. The number of hydrogen-bond acceptors (Lipinski definition) is 3. The zero-order valence-corrected chi connectivity index (χ0v) is 12.0. The van der Waals surface area contributed by atoms with Crippen molar-refractivity contribution in [1.29, 1.82) is 0 Å². The molecule has 2 aromatic rings. The minimum absolute atomic E-state index is 0.0251. The van der Waals surface area contributed by atoms with Crippen LogP contribution in [0.15, 0.2) is 41.3 Å². The predicted octanol–water partition coefficient (Wildman–Crippen LogP) is 2.56. The summed E-state index contributed by atoms with van der Waals surface area (Å²) in [6, 6.07) is 9.12. The summed E-state index contributed by atoms with van der Waals surface area (Å²) in [5.74, 6) is -0.0251. The van der Waals surface area contributed by atoms with E-state index < -0.39 is 0 Å². The molecule has 2 rings (SSSR count). The lowest BCUT2D eigenvalue weighted by Crippen LogP contribution is -2.27. The largest absolute Gasteiger partial charge is 0.348 e. The van der Waals surface area contributed by atoms with Gasteiger partial charge in [-0.3, -0.25) is 9.36 Å². The van der Waals surface area contributed by atoms with Gasteiger partial charge in [0.05, 0.1) is 12.1 Å². The molecule has 0 amide bonds. The maximum absolute atomic E-state index is 12.1. The monoisotopic (exact) mass is 270 g/mol. The van der Waals surface area contributed by atoms with Crippen LogP contribution in [0.1, 0.15) is 41.5 Å². The van der Waals surface area contributed by atoms with Crippen molar-refractivity contribution in [2.75, 3.05) is 0 Å². The molecule has 0 fully saturated rings. The van der Waals surface area contributed by atoms with Crippen molar-refractivity contribution in [1.82, 2.24) is 9.55 Å². The van der Waals surface area contributed by atoms with E-state index >= 15 is 0 Å². The number of carbonyl (C=O) groups excluding carboxylic acids is 1. The van der Waals surface area contributed by atoms with Gasteiger partial charge in [0.2, 0.25) is 0 Å². The molecule has 0 aliphatic heterocycles. The highest BCUT2D eigenvalue weighted by molar-refractivity contribution is 5.97. The third-order valence-electron chi connectivity index (χ3n) is 3.22. The maximum atomic E-state index is 12.1. The van der Waals surface area contributed by atoms with Crippen LogP contribution in [0.2, 0.25) is 0 Å². The second-order valence-corrected chi connectivity index (χ2v) is 5.12. The lowest BCUT2D eigenvalue weighted by molar-refractivity contribution is 0.0991. The molecule has 0 atom stereocenters. The molecule has 20 heavy (non-hydrogen) atoms. The molecule has 0 saturated carbocycles. The summed E-state index contributed by atoms with van der Waals surface area (Å²) in [6.45, 7) is 5.73. The lowest BCUT2D eigenvalue weighted by atomic mass is 10.0. The van der Waals surface area contributed by atoms with Crippen LogP contribution in [0.3, 0.4) is 0 Å². The average molecular weight is 270 g/mol. The standard InChI is InChI=1S/C16H18N2O2/c1-11(2)18-10-12(3)14(17-16(18)20)9-15(19)13-7-5-4-6-8-13/h4-8,10-11H,9H2,1-3H3. The molecule has 0 unspecified atom stereocenters. The van der Waals surface area contributed by atoms with Gasteiger partial charge in [0, 0.05) is 17.8 Å². The van der Waals surface area contributed by atoms with Gasteiger partial charge in [-0.1, -0.05) is 30.3 Å². The average Bonchev–Trinajstić information content (AvgIpc) is 2.43. The van der Waals surface area contributed by atoms with Gasteiger partial charge in [-0.2, -0.15) is 4.98 Å². The number of Topliss-reactive ketones (excluding diaryl/α,β-unsaturated/α-hetero) is 1. The third kappa shape index (κ3) is 3.02. The van der Waals surface area contributed by atoms with Crippen LogP contribution in [-0.4, -0.2) is 15.3 Å². The van der Waals surface area contributed by atoms with Gasteiger partial charge in [0.1, 0.15) is 0 Å². The van der Waals surface area contributed by atoms with E-state index in [0.717, 1.165) is 5.56 Å². The normalized spacial score (nSPS) is 10.8. The van der Waals surface area contributed by atoms with Crippen LogP contribution in [0.4, 0.5) is 0 Å². The van der Waals surface area contributed by atoms with E-state index in [9.17, 15) is 9.59 Å². The first kappa shape index (κ1) is 14.2. The highest BCUT2D eigenvalue weighted by Gasteiger charge is 2.12. The van der Waals surface area contributed by atoms with E-state index in [4.69, 9.17) is 0 Å².